The number of rotatable bonds is 2. The van der Waals surface area contributed by atoms with E-state index in [-0.39, 0.29) is 0 Å². The molecule has 5 nitrogen and oxygen atoms in total. The molecule has 0 saturated heterocycles. The van der Waals surface area contributed by atoms with Crippen molar-refractivity contribution in [2.45, 2.75) is 10.1 Å². The van der Waals surface area contributed by atoms with E-state index in [4.69, 9.17) is 23.2 Å². The van der Waals surface area contributed by atoms with Crippen molar-refractivity contribution in [3.8, 4) is 0 Å². The molecule has 1 aromatic carbocycles. The number of nitrogens with zero attached hydrogens (tertiary/aromatic N) is 3. The minimum absolute atomic E-state index is 0.573. The van der Waals surface area contributed by atoms with Crippen molar-refractivity contribution in [3.63, 3.8) is 0 Å². The molecule has 1 heterocycles. The number of hydrogen-bond acceptors (Lipinski definition) is 5. The zero-order valence-electron chi connectivity index (χ0n) is 7.59. The molecule has 0 bridgehead atoms. The lowest BCUT2D eigenvalue weighted by Gasteiger charge is -2.04. The lowest BCUT2D eigenvalue weighted by Crippen LogP contribution is -2.07. The molecule has 15 heavy (non-hydrogen) atoms. The van der Waals surface area contributed by atoms with Crippen LogP contribution in [0, 0.1) is 0 Å². The minimum atomic E-state index is 0.573. The van der Waals surface area contributed by atoms with E-state index >= 15 is 0 Å². The fourth-order valence-electron chi connectivity index (χ4n) is 1.02. The van der Waals surface area contributed by atoms with E-state index in [1.807, 2.05) is 6.07 Å². The van der Waals surface area contributed by atoms with Gasteiger partial charge in [-0.15, -0.1) is 10.2 Å². The molecule has 0 aliphatic heterocycles. The molecule has 0 saturated carbocycles. The fraction of sp³-hybridized carbons (Fsp3) is 0. The van der Waals surface area contributed by atoms with Crippen LogP contribution in [-0.4, -0.2) is 14.9 Å². The SMILES string of the molecule is Nc1cc(Cl)ccc1Sc1nncn1N. The highest BCUT2D eigenvalue weighted by molar-refractivity contribution is 7.99. The molecule has 1 aromatic heterocycles. The van der Waals surface area contributed by atoms with E-state index in [1.165, 1.54) is 22.8 Å². The molecule has 4 N–H and O–H groups in total. The summed E-state index contributed by atoms with van der Waals surface area (Å²) in [5.41, 5.74) is 6.38. The lowest BCUT2D eigenvalue weighted by molar-refractivity contribution is 0.846. The summed E-state index contributed by atoms with van der Waals surface area (Å²) in [7, 11) is 0. The van der Waals surface area contributed by atoms with Crippen molar-refractivity contribution in [3.05, 3.63) is 29.5 Å². The van der Waals surface area contributed by atoms with Gasteiger partial charge in [0.15, 0.2) is 0 Å². The Kier molecular flexibility index (Phi) is 2.70. The van der Waals surface area contributed by atoms with Crippen LogP contribution in [0.25, 0.3) is 0 Å². The van der Waals surface area contributed by atoms with E-state index in [1.54, 1.807) is 12.1 Å². The monoisotopic (exact) mass is 241 g/mol. The molecular weight excluding hydrogens is 234 g/mol. The fourth-order valence-corrected chi connectivity index (χ4v) is 1.95. The molecule has 2 rings (SSSR count). The predicted molar refractivity (Wildman–Crippen MR) is 60.2 cm³/mol. The van der Waals surface area contributed by atoms with E-state index in [0.717, 1.165) is 4.90 Å². The zero-order chi connectivity index (χ0) is 10.8. The summed E-state index contributed by atoms with van der Waals surface area (Å²) in [6.07, 6.45) is 1.43. The molecule has 0 radical (unpaired) electrons. The van der Waals surface area contributed by atoms with Crippen LogP contribution >= 0.6 is 23.4 Å². The lowest BCUT2D eigenvalue weighted by atomic mass is 10.3. The van der Waals surface area contributed by atoms with Crippen LogP contribution in [0.5, 0.6) is 0 Å². The first-order valence-electron chi connectivity index (χ1n) is 4.05. The first-order valence-corrected chi connectivity index (χ1v) is 5.24. The van der Waals surface area contributed by atoms with Gasteiger partial charge in [-0.1, -0.05) is 11.6 Å². The number of aromatic nitrogens is 3. The summed E-state index contributed by atoms with van der Waals surface area (Å²) in [6, 6.07) is 5.26. The van der Waals surface area contributed by atoms with Gasteiger partial charge in [0.05, 0.1) is 0 Å². The first kappa shape index (κ1) is 10.1. The number of hydrogen-bond donors (Lipinski definition) is 2. The summed E-state index contributed by atoms with van der Waals surface area (Å²) in [5, 5.41) is 8.68. The number of nitrogens with two attached hydrogens (primary N) is 2. The molecule has 0 aliphatic rings. The Morgan fingerprint density at radius 3 is 2.80 bits per heavy atom. The quantitative estimate of drug-likeness (QED) is 0.613. The van der Waals surface area contributed by atoms with Crippen LogP contribution in [0.1, 0.15) is 0 Å². The molecule has 78 valence electrons. The van der Waals surface area contributed by atoms with Gasteiger partial charge in [-0.25, -0.2) is 4.68 Å². The van der Waals surface area contributed by atoms with Crippen LogP contribution in [0.3, 0.4) is 0 Å². The molecule has 0 atom stereocenters. The van der Waals surface area contributed by atoms with E-state index in [2.05, 4.69) is 10.2 Å². The van der Waals surface area contributed by atoms with Crippen LogP contribution in [0.2, 0.25) is 5.02 Å². The second kappa shape index (κ2) is 4.00. The van der Waals surface area contributed by atoms with E-state index in [0.29, 0.717) is 15.9 Å². The summed E-state index contributed by atoms with van der Waals surface area (Å²) in [5.74, 6) is 5.57. The third kappa shape index (κ3) is 2.16. The summed E-state index contributed by atoms with van der Waals surface area (Å²) in [6.45, 7) is 0. The second-order valence-electron chi connectivity index (χ2n) is 2.80. The molecule has 7 heteroatoms. The molecule has 0 unspecified atom stereocenters. The standard InChI is InChI=1S/C8H8ClN5S/c9-5-1-2-7(6(10)3-5)15-8-13-12-4-14(8)11/h1-4H,10-11H2. The summed E-state index contributed by atoms with van der Waals surface area (Å²) in [4.78, 5) is 0.846. The topological polar surface area (TPSA) is 82.8 Å². The van der Waals surface area contributed by atoms with Gasteiger partial charge in [-0.3, -0.25) is 0 Å². The van der Waals surface area contributed by atoms with Gasteiger partial charge < -0.3 is 11.6 Å². The third-order valence-electron chi connectivity index (χ3n) is 1.71. The Morgan fingerprint density at radius 2 is 2.20 bits per heavy atom. The maximum atomic E-state index is 5.78. The van der Waals surface area contributed by atoms with E-state index < -0.39 is 0 Å². The smallest absolute Gasteiger partial charge is 0.214 e. The van der Waals surface area contributed by atoms with E-state index in [9.17, 15) is 0 Å². The summed E-state index contributed by atoms with van der Waals surface area (Å²) >= 11 is 7.12. The maximum absolute atomic E-state index is 5.78. The molecule has 0 fully saturated rings. The molecule has 2 aromatic rings. The van der Waals surface area contributed by atoms with Crippen molar-refractivity contribution in [2.75, 3.05) is 11.6 Å². The number of benzene rings is 1. The van der Waals surface area contributed by atoms with Crippen LogP contribution < -0.4 is 11.6 Å². The van der Waals surface area contributed by atoms with Crippen molar-refractivity contribution < 1.29 is 0 Å². The Labute approximate surface area is 95.4 Å². The number of halogens is 1. The zero-order valence-corrected chi connectivity index (χ0v) is 9.16. The largest absolute Gasteiger partial charge is 0.398 e. The number of nitrogen functional groups attached to an aromatic ring is 2. The van der Waals surface area contributed by atoms with Crippen molar-refractivity contribution in [1.29, 1.82) is 0 Å². The Hall–Kier alpha value is -1.40. The Morgan fingerprint density at radius 1 is 1.40 bits per heavy atom. The highest BCUT2D eigenvalue weighted by atomic mass is 35.5. The highest BCUT2D eigenvalue weighted by Crippen LogP contribution is 2.31. The molecular formula is C8H8ClN5S. The second-order valence-corrected chi connectivity index (χ2v) is 4.25. The third-order valence-corrected chi connectivity index (χ3v) is 3.02. The maximum Gasteiger partial charge on any atom is 0.214 e. The van der Waals surface area contributed by atoms with Gasteiger partial charge in [-0.2, -0.15) is 0 Å². The van der Waals surface area contributed by atoms with Crippen LogP contribution in [0.4, 0.5) is 5.69 Å². The normalized spacial score (nSPS) is 10.5. The van der Waals surface area contributed by atoms with Crippen LogP contribution in [0.15, 0.2) is 34.6 Å². The van der Waals surface area contributed by atoms with Crippen molar-refractivity contribution in [2.24, 2.45) is 0 Å². The highest BCUT2D eigenvalue weighted by Gasteiger charge is 2.07. The van der Waals surface area contributed by atoms with Gasteiger partial charge >= 0.3 is 0 Å². The van der Waals surface area contributed by atoms with Gasteiger partial charge in [0, 0.05) is 15.6 Å². The minimum Gasteiger partial charge on any atom is -0.398 e. The van der Waals surface area contributed by atoms with Gasteiger partial charge in [0.2, 0.25) is 5.16 Å². The molecule has 0 amide bonds. The first-order chi connectivity index (χ1) is 7.16. The summed E-state index contributed by atoms with van der Waals surface area (Å²) < 4.78 is 1.33. The average Bonchev–Trinajstić information content (AvgIpc) is 2.57. The van der Waals surface area contributed by atoms with Crippen molar-refractivity contribution >= 4 is 29.1 Å². The Balaban J connectivity index is 2.29. The van der Waals surface area contributed by atoms with Crippen LogP contribution in [-0.2, 0) is 0 Å². The predicted octanol–water partition coefficient (Wildman–Crippen LogP) is 1.38. The number of anilines is 1. The molecule has 0 spiro atoms. The molecule has 0 aliphatic carbocycles. The van der Waals surface area contributed by atoms with Gasteiger partial charge in [0.25, 0.3) is 0 Å². The average molecular weight is 242 g/mol. The van der Waals surface area contributed by atoms with Gasteiger partial charge in [-0.05, 0) is 30.0 Å². The Bertz CT molecular complexity index is 484. The van der Waals surface area contributed by atoms with Crippen molar-refractivity contribution in [1.82, 2.24) is 14.9 Å². The van der Waals surface area contributed by atoms with Gasteiger partial charge in [0.1, 0.15) is 6.33 Å².